The van der Waals surface area contributed by atoms with Crippen LogP contribution in [0.3, 0.4) is 0 Å². The second-order valence-corrected chi connectivity index (χ2v) is 7.67. The van der Waals surface area contributed by atoms with Crippen LogP contribution in [0.15, 0.2) is 24.3 Å². The number of sulfone groups is 1. The van der Waals surface area contributed by atoms with E-state index in [1.807, 2.05) is 12.1 Å². The molecule has 0 bridgehead atoms. The summed E-state index contributed by atoms with van der Waals surface area (Å²) >= 11 is 0. The lowest BCUT2D eigenvalue weighted by Gasteiger charge is -2.15. The average Bonchev–Trinajstić information content (AvgIpc) is 3.06. The van der Waals surface area contributed by atoms with Crippen molar-refractivity contribution in [2.24, 2.45) is 0 Å². The summed E-state index contributed by atoms with van der Waals surface area (Å²) in [5, 5.41) is 8.95. The standard InChI is InChI=1S/C14H18O4S/c1-10(13(15)16)11-3-5-12(6-4-11)14(7-8-14)9-19(2,17)18/h3-6,10H,7-9H2,1-2H3,(H,15,16). The van der Waals surface area contributed by atoms with Crippen LogP contribution in [0.2, 0.25) is 0 Å². The Kier molecular flexibility index (Phi) is 3.43. The summed E-state index contributed by atoms with van der Waals surface area (Å²) < 4.78 is 22.9. The molecule has 1 aliphatic carbocycles. The predicted octanol–water partition coefficient (Wildman–Crippen LogP) is 1.95. The first-order chi connectivity index (χ1) is 8.73. The van der Waals surface area contributed by atoms with Gasteiger partial charge in [-0.25, -0.2) is 8.42 Å². The molecule has 1 atom stereocenters. The monoisotopic (exact) mass is 282 g/mol. The molecule has 0 spiro atoms. The van der Waals surface area contributed by atoms with Crippen molar-refractivity contribution in [3.8, 4) is 0 Å². The van der Waals surface area contributed by atoms with Gasteiger partial charge in [0.15, 0.2) is 0 Å². The maximum Gasteiger partial charge on any atom is 0.310 e. The van der Waals surface area contributed by atoms with Crippen LogP contribution in [-0.4, -0.2) is 31.5 Å². The molecule has 0 aromatic heterocycles. The lowest BCUT2D eigenvalue weighted by atomic mass is 9.94. The average molecular weight is 282 g/mol. The van der Waals surface area contributed by atoms with E-state index in [1.54, 1.807) is 19.1 Å². The summed E-state index contributed by atoms with van der Waals surface area (Å²) in [7, 11) is -3.00. The van der Waals surface area contributed by atoms with Crippen molar-refractivity contribution in [3.05, 3.63) is 35.4 Å². The van der Waals surface area contributed by atoms with Gasteiger partial charge in [0.1, 0.15) is 9.84 Å². The number of hydrogen-bond donors (Lipinski definition) is 1. The van der Waals surface area contributed by atoms with Crippen LogP contribution < -0.4 is 0 Å². The molecule has 1 N–H and O–H groups in total. The zero-order valence-corrected chi connectivity index (χ0v) is 11.9. The fourth-order valence-corrected chi connectivity index (χ4v) is 3.90. The maximum atomic E-state index is 11.4. The molecule has 1 aliphatic rings. The minimum Gasteiger partial charge on any atom is -0.481 e. The van der Waals surface area contributed by atoms with Gasteiger partial charge in [0.05, 0.1) is 11.7 Å². The van der Waals surface area contributed by atoms with Crippen molar-refractivity contribution >= 4 is 15.8 Å². The molecule has 1 aromatic rings. The Morgan fingerprint density at radius 3 is 2.21 bits per heavy atom. The molecule has 2 rings (SSSR count). The minimum absolute atomic E-state index is 0.174. The number of rotatable bonds is 5. The lowest BCUT2D eigenvalue weighted by Crippen LogP contribution is -2.20. The summed E-state index contributed by atoms with van der Waals surface area (Å²) in [6, 6.07) is 7.31. The number of carbonyl (C=O) groups is 1. The van der Waals surface area contributed by atoms with E-state index in [0.29, 0.717) is 0 Å². The molecular weight excluding hydrogens is 264 g/mol. The van der Waals surface area contributed by atoms with Gasteiger partial charge in [0.25, 0.3) is 0 Å². The van der Waals surface area contributed by atoms with Gasteiger partial charge in [-0.3, -0.25) is 4.79 Å². The molecule has 0 radical (unpaired) electrons. The molecule has 0 heterocycles. The molecule has 0 amide bonds. The first-order valence-corrected chi connectivity index (χ1v) is 8.31. The van der Waals surface area contributed by atoms with E-state index in [0.717, 1.165) is 24.0 Å². The van der Waals surface area contributed by atoms with Crippen molar-refractivity contribution in [3.63, 3.8) is 0 Å². The first-order valence-electron chi connectivity index (χ1n) is 6.24. The van der Waals surface area contributed by atoms with Gasteiger partial charge in [-0.15, -0.1) is 0 Å². The van der Waals surface area contributed by atoms with Gasteiger partial charge >= 0.3 is 5.97 Å². The van der Waals surface area contributed by atoms with E-state index in [2.05, 4.69) is 0 Å². The highest BCUT2D eigenvalue weighted by molar-refractivity contribution is 7.90. The topological polar surface area (TPSA) is 71.4 Å². The van der Waals surface area contributed by atoms with Gasteiger partial charge in [0, 0.05) is 11.7 Å². The van der Waals surface area contributed by atoms with Crippen LogP contribution in [0.5, 0.6) is 0 Å². The second-order valence-electron chi connectivity index (χ2n) is 5.53. The SMILES string of the molecule is CC(C(=O)O)c1ccc(C2(CS(C)(=O)=O)CC2)cc1. The number of hydrogen-bond acceptors (Lipinski definition) is 3. The van der Waals surface area contributed by atoms with Gasteiger partial charge in [-0.2, -0.15) is 0 Å². The third-order valence-corrected chi connectivity index (χ3v) is 4.86. The Balaban J connectivity index is 2.22. The highest BCUT2D eigenvalue weighted by Crippen LogP contribution is 2.49. The largest absolute Gasteiger partial charge is 0.481 e. The number of aliphatic carboxylic acids is 1. The van der Waals surface area contributed by atoms with E-state index in [4.69, 9.17) is 5.11 Å². The zero-order chi connectivity index (χ0) is 14.3. The molecule has 104 valence electrons. The van der Waals surface area contributed by atoms with Crippen LogP contribution in [0.25, 0.3) is 0 Å². The van der Waals surface area contributed by atoms with Crippen LogP contribution >= 0.6 is 0 Å². The summed E-state index contributed by atoms with van der Waals surface area (Å²) in [4.78, 5) is 10.9. The highest BCUT2D eigenvalue weighted by atomic mass is 32.2. The van der Waals surface area contributed by atoms with E-state index >= 15 is 0 Å². The Morgan fingerprint density at radius 2 is 1.84 bits per heavy atom. The summed E-state index contributed by atoms with van der Waals surface area (Å²) in [5.74, 6) is -1.22. The molecule has 0 aliphatic heterocycles. The summed E-state index contributed by atoms with van der Waals surface area (Å²) in [6.07, 6.45) is 3.02. The molecule has 1 fully saturated rings. The highest BCUT2D eigenvalue weighted by Gasteiger charge is 2.46. The van der Waals surface area contributed by atoms with E-state index in [9.17, 15) is 13.2 Å². The smallest absolute Gasteiger partial charge is 0.310 e. The zero-order valence-electron chi connectivity index (χ0n) is 11.1. The first kappa shape index (κ1) is 14.1. The molecule has 5 heteroatoms. The van der Waals surface area contributed by atoms with Gasteiger partial charge in [-0.05, 0) is 30.9 Å². The van der Waals surface area contributed by atoms with Crippen molar-refractivity contribution in [2.75, 3.05) is 12.0 Å². The lowest BCUT2D eigenvalue weighted by molar-refractivity contribution is -0.138. The Morgan fingerprint density at radius 1 is 1.32 bits per heavy atom. The van der Waals surface area contributed by atoms with Crippen LogP contribution in [-0.2, 0) is 20.0 Å². The van der Waals surface area contributed by atoms with Crippen LogP contribution in [0, 0.1) is 0 Å². The second kappa shape index (κ2) is 4.63. The quantitative estimate of drug-likeness (QED) is 0.896. The molecule has 1 saturated carbocycles. The molecule has 4 nitrogen and oxygen atoms in total. The van der Waals surface area contributed by atoms with E-state index in [-0.39, 0.29) is 11.2 Å². The van der Waals surface area contributed by atoms with E-state index < -0.39 is 21.7 Å². The fourth-order valence-electron chi connectivity index (χ4n) is 2.44. The molecule has 1 unspecified atom stereocenters. The number of carboxylic acids is 1. The summed E-state index contributed by atoms with van der Waals surface area (Å²) in [5.41, 5.74) is 1.50. The Hall–Kier alpha value is -1.36. The molecule has 19 heavy (non-hydrogen) atoms. The minimum atomic E-state index is -3.00. The normalized spacial score (nSPS) is 18.8. The summed E-state index contributed by atoms with van der Waals surface area (Å²) in [6.45, 7) is 1.64. The van der Waals surface area contributed by atoms with Crippen molar-refractivity contribution in [1.29, 1.82) is 0 Å². The molecule has 1 aromatic carbocycles. The maximum absolute atomic E-state index is 11.4. The van der Waals surface area contributed by atoms with Crippen LogP contribution in [0.1, 0.15) is 36.8 Å². The van der Waals surface area contributed by atoms with Crippen molar-refractivity contribution in [1.82, 2.24) is 0 Å². The third kappa shape index (κ3) is 3.15. The van der Waals surface area contributed by atoms with Gasteiger partial charge in [0.2, 0.25) is 0 Å². The molecule has 0 saturated heterocycles. The fraction of sp³-hybridized carbons (Fsp3) is 0.500. The number of carboxylic acid groups (broad SMARTS) is 1. The predicted molar refractivity (Wildman–Crippen MR) is 73.1 cm³/mol. The van der Waals surface area contributed by atoms with Crippen molar-refractivity contribution in [2.45, 2.75) is 31.1 Å². The van der Waals surface area contributed by atoms with Crippen LogP contribution in [0.4, 0.5) is 0 Å². The van der Waals surface area contributed by atoms with Gasteiger partial charge in [-0.1, -0.05) is 24.3 Å². The Bertz CT molecular complexity index is 582. The van der Waals surface area contributed by atoms with E-state index in [1.165, 1.54) is 6.26 Å². The Labute approximate surface area is 113 Å². The number of benzene rings is 1. The molecular formula is C14H18O4S. The van der Waals surface area contributed by atoms with Crippen molar-refractivity contribution < 1.29 is 18.3 Å². The third-order valence-electron chi connectivity index (χ3n) is 3.79. The van der Waals surface area contributed by atoms with Gasteiger partial charge < -0.3 is 5.11 Å².